The van der Waals surface area contributed by atoms with Gasteiger partial charge >= 0.3 is 0 Å². The van der Waals surface area contributed by atoms with Crippen molar-refractivity contribution >= 4 is 33.0 Å². The van der Waals surface area contributed by atoms with Crippen molar-refractivity contribution in [3.8, 4) is 0 Å². The van der Waals surface area contributed by atoms with Crippen molar-refractivity contribution in [1.29, 1.82) is 0 Å². The Morgan fingerprint density at radius 2 is 2.18 bits per heavy atom. The molecule has 0 aliphatic carbocycles. The van der Waals surface area contributed by atoms with Crippen LogP contribution in [0.25, 0.3) is 0 Å². The number of hydrogen-bond acceptors (Lipinski definition) is 2. The largest absolute Gasteiger partial charge is 0.294 e. The lowest BCUT2D eigenvalue weighted by Crippen LogP contribution is -2.04. The summed E-state index contributed by atoms with van der Waals surface area (Å²) in [6, 6.07) is 6.77. The molecule has 0 radical (unpaired) electrons. The van der Waals surface area contributed by atoms with E-state index < -0.39 is 5.82 Å². The molecule has 0 aliphatic heterocycles. The fourth-order valence-corrected chi connectivity index (χ4v) is 2.62. The SMILES string of the molecule is O=C(CCc1ccsc1)c1cccc(Br)c1F. The maximum Gasteiger partial charge on any atom is 0.166 e. The van der Waals surface area contributed by atoms with Gasteiger partial charge < -0.3 is 0 Å². The number of halogens is 2. The van der Waals surface area contributed by atoms with E-state index in [4.69, 9.17) is 0 Å². The zero-order valence-corrected chi connectivity index (χ0v) is 11.4. The molecule has 0 saturated heterocycles. The van der Waals surface area contributed by atoms with Crippen LogP contribution in [0.3, 0.4) is 0 Å². The van der Waals surface area contributed by atoms with Gasteiger partial charge in [-0.15, -0.1) is 0 Å². The zero-order chi connectivity index (χ0) is 12.3. The number of ketones is 1. The lowest BCUT2D eigenvalue weighted by Gasteiger charge is -2.03. The number of carbonyl (C=O) groups is 1. The minimum absolute atomic E-state index is 0.157. The van der Waals surface area contributed by atoms with E-state index in [0.717, 1.165) is 5.56 Å². The monoisotopic (exact) mass is 312 g/mol. The highest BCUT2D eigenvalue weighted by molar-refractivity contribution is 9.10. The second-order valence-electron chi connectivity index (χ2n) is 3.66. The first-order valence-corrected chi connectivity index (χ1v) is 6.90. The van der Waals surface area contributed by atoms with E-state index in [0.29, 0.717) is 17.3 Å². The van der Waals surface area contributed by atoms with Crippen LogP contribution >= 0.6 is 27.3 Å². The molecule has 1 nitrogen and oxygen atoms in total. The van der Waals surface area contributed by atoms with Gasteiger partial charge in [0.1, 0.15) is 5.82 Å². The highest BCUT2D eigenvalue weighted by Gasteiger charge is 2.13. The Morgan fingerprint density at radius 3 is 2.88 bits per heavy atom. The average Bonchev–Trinajstić information content (AvgIpc) is 2.82. The van der Waals surface area contributed by atoms with E-state index in [1.807, 2.05) is 16.8 Å². The summed E-state index contributed by atoms with van der Waals surface area (Å²) in [5.74, 6) is -0.627. The van der Waals surface area contributed by atoms with Gasteiger partial charge in [0.25, 0.3) is 0 Å². The molecular weight excluding hydrogens is 303 g/mol. The van der Waals surface area contributed by atoms with Crippen LogP contribution in [0.2, 0.25) is 0 Å². The molecule has 0 saturated carbocycles. The van der Waals surface area contributed by atoms with Crippen molar-refractivity contribution in [3.05, 3.63) is 56.4 Å². The van der Waals surface area contributed by atoms with Crippen molar-refractivity contribution in [2.24, 2.45) is 0 Å². The summed E-state index contributed by atoms with van der Waals surface area (Å²) in [5, 5.41) is 3.98. The summed E-state index contributed by atoms with van der Waals surface area (Å²) < 4.78 is 14.0. The smallest absolute Gasteiger partial charge is 0.166 e. The fourth-order valence-electron chi connectivity index (χ4n) is 1.55. The standard InChI is InChI=1S/C13H10BrFOS/c14-11-3-1-2-10(13(11)15)12(16)5-4-9-6-7-17-8-9/h1-3,6-8H,4-5H2. The van der Waals surface area contributed by atoms with Gasteiger partial charge in [-0.05, 0) is 56.9 Å². The third-order valence-electron chi connectivity index (χ3n) is 2.47. The molecule has 1 aromatic carbocycles. The topological polar surface area (TPSA) is 17.1 Å². The van der Waals surface area contributed by atoms with Crippen molar-refractivity contribution in [3.63, 3.8) is 0 Å². The zero-order valence-electron chi connectivity index (χ0n) is 8.95. The molecule has 4 heteroatoms. The minimum Gasteiger partial charge on any atom is -0.294 e. The summed E-state index contributed by atoms with van der Waals surface area (Å²) in [6.07, 6.45) is 0.998. The molecular formula is C13H10BrFOS. The van der Waals surface area contributed by atoms with Crippen LogP contribution in [-0.4, -0.2) is 5.78 Å². The van der Waals surface area contributed by atoms with E-state index in [1.165, 1.54) is 6.07 Å². The minimum atomic E-state index is -0.470. The normalized spacial score (nSPS) is 10.5. The highest BCUT2D eigenvalue weighted by Crippen LogP contribution is 2.20. The number of benzene rings is 1. The van der Waals surface area contributed by atoms with Gasteiger partial charge in [0, 0.05) is 6.42 Å². The molecule has 0 fully saturated rings. The molecule has 0 aliphatic rings. The van der Waals surface area contributed by atoms with Gasteiger partial charge in [0.15, 0.2) is 5.78 Å². The molecule has 2 aromatic rings. The second-order valence-corrected chi connectivity index (χ2v) is 5.29. The molecule has 0 bridgehead atoms. The van der Waals surface area contributed by atoms with Gasteiger partial charge in [-0.2, -0.15) is 11.3 Å². The molecule has 0 N–H and O–H groups in total. The van der Waals surface area contributed by atoms with E-state index >= 15 is 0 Å². The molecule has 17 heavy (non-hydrogen) atoms. The molecule has 1 aromatic heterocycles. The van der Waals surface area contributed by atoms with E-state index in [2.05, 4.69) is 15.9 Å². The van der Waals surface area contributed by atoms with Crippen LogP contribution in [0.15, 0.2) is 39.5 Å². The summed E-state index contributed by atoms with van der Waals surface area (Å²) >= 11 is 4.68. The van der Waals surface area contributed by atoms with Gasteiger partial charge in [-0.3, -0.25) is 4.79 Å². The molecule has 0 spiro atoms. The highest BCUT2D eigenvalue weighted by atomic mass is 79.9. The summed E-state index contributed by atoms with van der Waals surface area (Å²) in [4.78, 5) is 11.9. The maximum atomic E-state index is 13.7. The number of aryl methyl sites for hydroxylation is 1. The van der Waals surface area contributed by atoms with Crippen LogP contribution < -0.4 is 0 Å². The predicted molar refractivity (Wildman–Crippen MR) is 71.1 cm³/mol. The van der Waals surface area contributed by atoms with Gasteiger partial charge in [0.2, 0.25) is 0 Å². The Labute approximate surface area is 111 Å². The van der Waals surface area contributed by atoms with Gasteiger partial charge in [-0.25, -0.2) is 4.39 Å². The quantitative estimate of drug-likeness (QED) is 0.761. The first-order chi connectivity index (χ1) is 8.18. The predicted octanol–water partition coefficient (Wildman–Crippen LogP) is 4.47. The Bertz CT molecular complexity index is 522. The Balaban J connectivity index is 2.07. The number of rotatable bonds is 4. The van der Waals surface area contributed by atoms with Crippen LogP contribution in [0, 0.1) is 5.82 Å². The summed E-state index contributed by atoms with van der Waals surface area (Å²) in [6.45, 7) is 0. The van der Waals surface area contributed by atoms with Gasteiger partial charge in [0.05, 0.1) is 10.0 Å². The molecule has 1 heterocycles. The van der Waals surface area contributed by atoms with E-state index in [9.17, 15) is 9.18 Å². The maximum absolute atomic E-state index is 13.7. The van der Waals surface area contributed by atoms with Crippen LogP contribution in [0.5, 0.6) is 0 Å². The first kappa shape index (κ1) is 12.5. The van der Waals surface area contributed by atoms with Crippen molar-refractivity contribution in [2.75, 3.05) is 0 Å². The molecule has 2 rings (SSSR count). The van der Waals surface area contributed by atoms with Gasteiger partial charge in [-0.1, -0.05) is 6.07 Å². The molecule has 0 amide bonds. The second kappa shape index (κ2) is 5.56. The molecule has 0 unspecified atom stereocenters. The number of thiophene rings is 1. The van der Waals surface area contributed by atoms with E-state index in [1.54, 1.807) is 23.5 Å². The Morgan fingerprint density at radius 1 is 1.35 bits per heavy atom. The van der Waals surface area contributed by atoms with Crippen LogP contribution in [0.4, 0.5) is 4.39 Å². The third kappa shape index (κ3) is 3.01. The lowest BCUT2D eigenvalue weighted by atomic mass is 10.0. The Kier molecular flexibility index (Phi) is 4.07. The fraction of sp³-hybridized carbons (Fsp3) is 0.154. The lowest BCUT2D eigenvalue weighted by molar-refractivity contribution is 0.0979. The van der Waals surface area contributed by atoms with E-state index in [-0.39, 0.29) is 11.3 Å². The first-order valence-electron chi connectivity index (χ1n) is 5.17. The van der Waals surface area contributed by atoms with Crippen molar-refractivity contribution < 1.29 is 9.18 Å². The molecule has 88 valence electrons. The number of hydrogen-bond donors (Lipinski definition) is 0. The third-order valence-corrected chi connectivity index (χ3v) is 3.82. The summed E-state index contributed by atoms with van der Waals surface area (Å²) in [5.41, 5.74) is 1.29. The van der Waals surface area contributed by atoms with Crippen LogP contribution in [0.1, 0.15) is 22.3 Å². The number of Topliss-reactive ketones (excluding diaryl/α,β-unsaturated/α-hetero) is 1. The Hall–Kier alpha value is -1.000. The number of carbonyl (C=O) groups excluding carboxylic acids is 1. The van der Waals surface area contributed by atoms with Crippen molar-refractivity contribution in [2.45, 2.75) is 12.8 Å². The average molecular weight is 313 g/mol. The van der Waals surface area contributed by atoms with Crippen molar-refractivity contribution in [1.82, 2.24) is 0 Å². The van der Waals surface area contributed by atoms with Crippen LogP contribution in [-0.2, 0) is 6.42 Å². The summed E-state index contributed by atoms with van der Waals surface area (Å²) in [7, 11) is 0. The molecule has 0 atom stereocenters.